The van der Waals surface area contributed by atoms with Gasteiger partial charge in [0.25, 0.3) is 0 Å². The van der Waals surface area contributed by atoms with Crippen molar-refractivity contribution in [3.8, 4) is 12.3 Å². The topological polar surface area (TPSA) is 66.4 Å². The van der Waals surface area contributed by atoms with Gasteiger partial charge in [0.2, 0.25) is 0 Å². The lowest BCUT2D eigenvalue weighted by Crippen LogP contribution is -2.38. The van der Waals surface area contributed by atoms with Gasteiger partial charge in [0.15, 0.2) is 9.84 Å². The van der Waals surface area contributed by atoms with Gasteiger partial charge >= 0.3 is 0 Å². The predicted molar refractivity (Wildman–Crippen MR) is 45.3 cm³/mol. The zero-order valence-electron chi connectivity index (χ0n) is 6.53. The molecule has 1 aliphatic heterocycles. The van der Waals surface area contributed by atoms with Gasteiger partial charge < -0.3 is 5.11 Å². The number of terminal acetylenes is 1. The molecule has 0 saturated carbocycles. The summed E-state index contributed by atoms with van der Waals surface area (Å²) in [5.41, 5.74) is 0. The highest BCUT2D eigenvalue weighted by Crippen LogP contribution is 2.11. The molecular weight excluding hydrogens is 178 g/mol. The van der Waals surface area contributed by atoms with E-state index in [4.69, 9.17) is 6.42 Å². The minimum atomic E-state index is -3.06. The van der Waals surface area contributed by atoms with Crippen molar-refractivity contribution in [2.45, 2.75) is 12.1 Å². The van der Waals surface area contributed by atoms with Crippen LogP contribution in [0.15, 0.2) is 0 Å². The fourth-order valence-electron chi connectivity index (χ4n) is 1.21. The van der Waals surface area contributed by atoms with Crippen molar-refractivity contribution in [3.63, 3.8) is 0 Å². The van der Waals surface area contributed by atoms with Gasteiger partial charge in [-0.25, -0.2) is 8.42 Å². The SMILES string of the molecule is C#CCN[C@@H]1CS(=O)(=O)C[C@H]1O. The predicted octanol–water partition coefficient (Wildman–Crippen LogP) is -1.63. The molecule has 1 heterocycles. The zero-order chi connectivity index (χ0) is 9.19. The lowest BCUT2D eigenvalue weighted by Gasteiger charge is -2.11. The number of hydrogen-bond donors (Lipinski definition) is 2. The molecule has 2 atom stereocenters. The van der Waals surface area contributed by atoms with E-state index in [1.807, 2.05) is 0 Å². The summed E-state index contributed by atoms with van der Waals surface area (Å²) in [5, 5.41) is 12.0. The van der Waals surface area contributed by atoms with Crippen LogP contribution in [-0.4, -0.2) is 43.7 Å². The van der Waals surface area contributed by atoms with Crippen molar-refractivity contribution < 1.29 is 13.5 Å². The lowest BCUT2D eigenvalue weighted by atomic mass is 10.2. The summed E-state index contributed by atoms with van der Waals surface area (Å²) in [6, 6.07) is -0.397. The number of sulfone groups is 1. The molecule has 12 heavy (non-hydrogen) atoms. The molecule has 68 valence electrons. The largest absolute Gasteiger partial charge is 0.390 e. The maximum absolute atomic E-state index is 11.0. The van der Waals surface area contributed by atoms with Crippen LogP contribution >= 0.6 is 0 Å². The van der Waals surface area contributed by atoms with Crippen LogP contribution in [-0.2, 0) is 9.84 Å². The van der Waals surface area contributed by atoms with Gasteiger partial charge in [0, 0.05) is 6.04 Å². The summed E-state index contributed by atoms with van der Waals surface area (Å²) in [6.07, 6.45) is 4.16. The molecular formula is C7H11NO3S. The molecule has 0 aromatic heterocycles. The standard InChI is InChI=1S/C7H11NO3S/c1-2-3-8-6-4-12(10,11)5-7(6)9/h1,6-9H,3-5H2/t6-,7-/m1/s1. The van der Waals surface area contributed by atoms with E-state index in [1.165, 1.54) is 0 Å². The molecule has 5 heteroatoms. The van der Waals surface area contributed by atoms with Crippen LogP contribution in [0.25, 0.3) is 0 Å². The minimum absolute atomic E-state index is 0.0180. The normalized spacial score (nSPS) is 33.0. The van der Waals surface area contributed by atoms with Crippen molar-refractivity contribution in [3.05, 3.63) is 0 Å². The summed E-state index contributed by atoms with van der Waals surface area (Å²) in [6.45, 7) is 0.289. The molecule has 0 amide bonds. The third kappa shape index (κ3) is 2.21. The molecule has 0 aromatic carbocycles. The Balaban J connectivity index is 2.54. The van der Waals surface area contributed by atoms with Gasteiger partial charge in [-0.1, -0.05) is 5.92 Å². The molecule has 1 rings (SSSR count). The first-order chi connectivity index (χ1) is 5.55. The molecule has 0 spiro atoms. The molecule has 0 radical (unpaired) electrons. The number of aliphatic hydroxyl groups is 1. The van der Waals surface area contributed by atoms with Crippen LogP contribution in [0.4, 0.5) is 0 Å². The van der Waals surface area contributed by atoms with Gasteiger partial charge in [-0.2, -0.15) is 0 Å². The summed E-state index contributed by atoms with van der Waals surface area (Å²) >= 11 is 0. The van der Waals surface area contributed by atoms with Crippen molar-refractivity contribution in [2.75, 3.05) is 18.1 Å². The quantitative estimate of drug-likeness (QED) is 0.512. The van der Waals surface area contributed by atoms with Crippen LogP contribution in [0.2, 0.25) is 0 Å². The Hall–Kier alpha value is -0.570. The highest BCUT2D eigenvalue weighted by molar-refractivity contribution is 7.91. The molecule has 1 fully saturated rings. The Morgan fingerprint density at radius 1 is 1.58 bits per heavy atom. The van der Waals surface area contributed by atoms with Crippen LogP contribution in [0.5, 0.6) is 0 Å². The average molecular weight is 189 g/mol. The van der Waals surface area contributed by atoms with E-state index >= 15 is 0 Å². The first-order valence-corrected chi connectivity index (χ1v) is 5.42. The Morgan fingerprint density at radius 3 is 2.67 bits per heavy atom. The molecule has 0 bridgehead atoms. The monoisotopic (exact) mass is 189 g/mol. The van der Waals surface area contributed by atoms with Crippen molar-refractivity contribution in [1.29, 1.82) is 0 Å². The van der Waals surface area contributed by atoms with Crippen LogP contribution in [0.1, 0.15) is 0 Å². The van der Waals surface area contributed by atoms with Crippen molar-refractivity contribution >= 4 is 9.84 Å². The smallest absolute Gasteiger partial charge is 0.154 e. The second kappa shape index (κ2) is 3.44. The Bertz CT molecular complexity index is 290. The van der Waals surface area contributed by atoms with E-state index in [0.29, 0.717) is 0 Å². The van der Waals surface area contributed by atoms with Crippen LogP contribution < -0.4 is 5.32 Å². The van der Waals surface area contributed by atoms with Gasteiger partial charge in [-0.3, -0.25) is 5.32 Å². The first-order valence-electron chi connectivity index (χ1n) is 3.60. The maximum atomic E-state index is 11.0. The van der Waals surface area contributed by atoms with Crippen molar-refractivity contribution in [1.82, 2.24) is 5.32 Å². The van der Waals surface area contributed by atoms with E-state index in [2.05, 4.69) is 11.2 Å². The van der Waals surface area contributed by atoms with Gasteiger partial charge in [-0.05, 0) is 0 Å². The van der Waals surface area contributed by atoms with Crippen molar-refractivity contribution in [2.24, 2.45) is 0 Å². The van der Waals surface area contributed by atoms with Gasteiger partial charge in [0.1, 0.15) is 0 Å². The van der Waals surface area contributed by atoms with E-state index in [-0.39, 0.29) is 18.1 Å². The number of nitrogens with one attached hydrogen (secondary N) is 1. The molecule has 0 aromatic rings. The molecule has 4 nitrogen and oxygen atoms in total. The van der Waals surface area contributed by atoms with E-state index < -0.39 is 22.0 Å². The van der Waals surface area contributed by atoms with E-state index in [1.54, 1.807) is 0 Å². The van der Waals surface area contributed by atoms with Gasteiger partial charge in [0.05, 0.1) is 24.2 Å². The molecule has 1 saturated heterocycles. The third-order valence-electron chi connectivity index (χ3n) is 1.79. The molecule has 2 N–H and O–H groups in total. The highest BCUT2D eigenvalue weighted by Gasteiger charge is 2.35. The molecule has 0 unspecified atom stereocenters. The van der Waals surface area contributed by atoms with Crippen LogP contribution in [0.3, 0.4) is 0 Å². The molecule has 0 aliphatic carbocycles. The summed E-state index contributed by atoms with van der Waals surface area (Å²) < 4.78 is 21.9. The second-order valence-corrected chi connectivity index (χ2v) is 4.99. The lowest BCUT2D eigenvalue weighted by molar-refractivity contribution is 0.168. The average Bonchev–Trinajstić information content (AvgIpc) is 2.20. The fourth-order valence-corrected chi connectivity index (χ4v) is 2.99. The van der Waals surface area contributed by atoms with Gasteiger partial charge in [-0.15, -0.1) is 6.42 Å². The van der Waals surface area contributed by atoms with Crippen LogP contribution in [0, 0.1) is 12.3 Å². The highest BCUT2D eigenvalue weighted by atomic mass is 32.2. The summed E-state index contributed by atoms with van der Waals surface area (Å²) in [5.74, 6) is 2.15. The fraction of sp³-hybridized carbons (Fsp3) is 0.714. The van der Waals surface area contributed by atoms with E-state index in [9.17, 15) is 13.5 Å². The Morgan fingerprint density at radius 2 is 2.25 bits per heavy atom. The second-order valence-electron chi connectivity index (χ2n) is 2.84. The summed E-state index contributed by atoms with van der Waals surface area (Å²) in [7, 11) is -3.06. The Kier molecular flexibility index (Phi) is 2.73. The number of rotatable bonds is 2. The van der Waals surface area contributed by atoms with E-state index in [0.717, 1.165) is 0 Å². The first kappa shape index (κ1) is 9.52. The zero-order valence-corrected chi connectivity index (χ0v) is 7.34. The maximum Gasteiger partial charge on any atom is 0.154 e. The number of hydrogen-bond acceptors (Lipinski definition) is 4. The summed E-state index contributed by atoms with van der Waals surface area (Å²) in [4.78, 5) is 0. The minimum Gasteiger partial charge on any atom is -0.390 e. The third-order valence-corrected chi connectivity index (χ3v) is 3.51. The number of aliphatic hydroxyl groups excluding tert-OH is 1. The molecule has 1 aliphatic rings. The Labute approximate surface area is 71.9 Å².